The summed E-state index contributed by atoms with van der Waals surface area (Å²) in [4.78, 5) is 6.79. The predicted molar refractivity (Wildman–Crippen MR) is 59.6 cm³/mol. The molecule has 1 fully saturated rings. The molecule has 3 heteroatoms. The Bertz CT molecular complexity index is 229. The van der Waals surface area contributed by atoms with Gasteiger partial charge in [0.25, 0.3) is 0 Å². The monoisotopic (exact) mass is 195 g/mol. The number of hydrogen-bond acceptors (Lipinski definition) is 3. The summed E-state index contributed by atoms with van der Waals surface area (Å²) in [5, 5.41) is 3.62. The molecular formula is C11H21N3. The Kier molecular flexibility index (Phi) is 2.66. The van der Waals surface area contributed by atoms with Crippen molar-refractivity contribution < 1.29 is 0 Å². The third kappa shape index (κ3) is 2.02. The van der Waals surface area contributed by atoms with Crippen LogP contribution in [0.25, 0.3) is 0 Å². The molecule has 80 valence electrons. The Labute approximate surface area is 86.6 Å². The Morgan fingerprint density at radius 3 is 2.64 bits per heavy atom. The number of guanidine groups is 1. The van der Waals surface area contributed by atoms with Gasteiger partial charge in [0.1, 0.15) is 0 Å². The van der Waals surface area contributed by atoms with Crippen LogP contribution in [0.1, 0.15) is 39.0 Å². The molecule has 0 aromatic rings. The van der Waals surface area contributed by atoms with Gasteiger partial charge in [-0.05, 0) is 26.2 Å². The van der Waals surface area contributed by atoms with Gasteiger partial charge in [-0.3, -0.25) is 4.99 Å². The van der Waals surface area contributed by atoms with Crippen LogP contribution in [0.15, 0.2) is 4.99 Å². The summed E-state index contributed by atoms with van der Waals surface area (Å²) in [6.45, 7) is 4.45. The van der Waals surface area contributed by atoms with E-state index in [-0.39, 0.29) is 0 Å². The van der Waals surface area contributed by atoms with Crippen molar-refractivity contribution in [3.8, 4) is 0 Å². The molecule has 0 aromatic heterocycles. The minimum atomic E-state index is 0.310. The average Bonchev–Trinajstić information content (AvgIpc) is 2.57. The molecule has 14 heavy (non-hydrogen) atoms. The highest BCUT2D eigenvalue weighted by atomic mass is 15.3. The van der Waals surface area contributed by atoms with E-state index in [0.717, 1.165) is 19.0 Å². The molecule has 1 saturated carbocycles. The highest BCUT2D eigenvalue weighted by Crippen LogP contribution is 2.29. The van der Waals surface area contributed by atoms with Crippen molar-refractivity contribution in [3.63, 3.8) is 0 Å². The Morgan fingerprint density at radius 1 is 1.29 bits per heavy atom. The van der Waals surface area contributed by atoms with Crippen LogP contribution in [0.4, 0.5) is 0 Å². The quantitative estimate of drug-likeness (QED) is 0.688. The first-order chi connectivity index (χ1) is 6.70. The van der Waals surface area contributed by atoms with Gasteiger partial charge in [0.2, 0.25) is 0 Å². The molecule has 0 saturated heterocycles. The Morgan fingerprint density at radius 2 is 2.00 bits per heavy atom. The van der Waals surface area contributed by atoms with E-state index in [1.54, 1.807) is 0 Å². The van der Waals surface area contributed by atoms with Gasteiger partial charge in [-0.15, -0.1) is 0 Å². The smallest absolute Gasteiger partial charge is 0.194 e. The van der Waals surface area contributed by atoms with Crippen LogP contribution in [0.5, 0.6) is 0 Å². The van der Waals surface area contributed by atoms with Crippen LogP contribution in [0.3, 0.4) is 0 Å². The molecular weight excluding hydrogens is 174 g/mol. The van der Waals surface area contributed by atoms with E-state index in [9.17, 15) is 0 Å². The van der Waals surface area contributed by atoms with Crippen molar-refractivity contribution >= 4 is 5.96 Å². The molecule has 0 amide bonds. The number of hydrogen-bond donors (Lipinski definition) is 1. The van der Waals surface area contributed by atoms with Gasteiger partial charge in [-0.1, -0.05) is 12.8 Å². The van der Waals surface area contributed by atoms with E-state index < -0.39 is 0 Å². The first-order valence-corrected chi connectivity index (χ1v) is 5.73. The number of nitrogens with one attached hydrogen (secondary N) is 1. The fourth-order valence-electron chi connectivity index (χ4n) is 2.40. The van der Waals surface area contributed by atoms with Crippen LogP contribution in [-0.4, -0.2) is 36.5 Å². The SMILES string of the molecule is CN1CCCN=C1NC1(C)CCCC1. The lowest BCUT2D eigenvalue weighted by molar-refractivity contribution is 0.375. The first kappa shape index (κ1) is 9.81. The molecule has 0 atom stereocenters. The molecule has 1 aliphatic carbocycles. The van der Waals surface area contributed by atoms with Crippen molar-refractivity contribution in [2.24, 2.45) is 4.99 Å². The van der Waals surface area contributed by atoms with Gasteiger partial charge in [-0.2, -0.15) is 0 Å². The maximum absolute atomic E-state index is 4.55. The van der Waals surface area contributed by atoms with Crippen molar-refractivity contribution in [2.45, 2.75) is 44.6 Å². The summed E-state index contributed by atoms with van der Waals surface area (Å²) in [7, 11) is 2.13. The lowest BCUT2D eigenvalue weighted by atomic mass is 10.0. The van der Waals surface area contributed by atoms with Gasteiger partial charge in [-0.25, -0.2) is 0 Å². The molecule has 2 aliphatic rings. The molecule has 1 aliphatic heterocycles. The lowest BCUT2D eigenvalue weighted by Gasteiger charge is -2.33. The van der Waals surface area contributed by atoms with Gasteiger partial charge >= 0.3 is 0 Å². The van der Waals surface area contributed by atoms with E-state index in [4.69, 9.17) is 0 Å². The summed E-state index contributed by atoms with van der Waals surface area (Å²) in [5.74, 6) is 1.11. The van der Waals surface area contributed by atoms with Gasteiger partial charge < -0.3 is 10.2 Å². The van der Waals surface area contributed by atoms with Crippen molar-refractivity contribution in [1.82, 2.24) is 10.2 Å². The third-order valence-electron chi connectivity index (χ3n) is 3.40. The maximum atomic E-state index is 4.55. The second-order valence-electron chi connectivity index (χ2n) is 4.87. The fourth-order valence-corrected chi connectivity index (χ4v) is 2.40. The van der Waals surface area contributed by atoms with Gasteiger partial charge in [0, 0.05) is 25.7 Å². The molecule has 3 nitrogen and oxygen atoms in total. The summed E-state index contributed by atoms with van der Waals surface area (Å²) >= 11 is 0. The van der Waals surface area contributed by atoms with E-state index in [1.165, 1.54) is 32.1 Å². The van der Waals surface area contributed by atoms with Crippen LogP contribution in [0.2, 0.25) is 0 Å². The van der Waals surface area contributed by atoms with Crippen LogP contribution < -0.4 is 5.32 Å². The molecule has 1 heterocycles. The maximum Gasteiger partial charge on any atom is 0.194 e. The Balaban J connectivity index is 1.98. The minimum Gasteiger partial charge on any atom is -0.351 e. The van der Waals surface area contributed by atoms with E-state index in [0.29, 0.717) is 5.54 Å². The van der Waals surface area contributed by atoms with Crippen molar-refractivity contribution in [1.29, 1.82) is 0 Å². The first-order valence-electron chi connectivity index (χ1n) is 5.73. The second kappa shape index (κ2) is 3.79. The van der Waals surface area contributed by atoms with Crippen molar-refractivity contribution in [2.75, 3.05) is 20.1 Å². The normalized spacial score (nSPS) is 26.1. The number of nitrogens with zero attached hydrogens (tertiary/aromatic N) is 2. The summed E-state index contributed by atoms with van der Waals surface area (Å²) in [6, 6.07) is 0. The van der Waals surface area contributed by atoms with Crippen LogP contribution in [-0.2, 0) is 0 Å². The standard InChI is InChI=1S/C11H21N3/c1-11(6-3-4-7-11)13-10-12-8-5-9-14(10)2/h3-9H2,1-2H3,(H,12,13). The highest BCUT2D eigenvalue weighted by molar-refractivity contribution is 5.81. The van der Waals surface area contributed by atoms with E-state index in [2.05, 4.69) is 29.2 Å². The largest absolute Gasteiger partial charge is 0.351 e. The second-order valence-corrected chi connectivity index (χ2v) is 4.87. The molecule has 2 rings (SSSR count). The zero-order chi connectivity index (χ0) is 10.0. The summed E-state index contributed by atoms with van der Waals surface area (Å²) in [6.07, 6.45) is 6.50. The van der Waals surface area contributed by atoms with E-state index in [1.807, 2.05) is 0 Å². The minimum absolute atomic E-state index is 0.310. The number of rotatable bonds is 1. The summed E-state index contributed by atoms with van der Waals surface area (Å²) < 4.78 is 0. The molecule has 1 N–H and O–H groups in total. The third-order valence-corrected chi connectivity index (χ3v) is 3.40. The molecule has 0 radical (unpaired) electrons. The molecule has 0 unspecified atom stereocenters. The summed E-state index contributed by atoms with van der Waals surface area (Å²) in [5.41, 5.74) is 0.310. The zero-order valence-electron chi connectivity index (χ0n) is 9.34. The topological polar surface area (TPSA) is 27.6 Å². The van der Waals surface area contributed by atoms with E-state index >= 15 is 0 Å². The predicted octanol–water partition coefficient (Wildman–Crippen LogP) is 1.60. The number of aliphatic imine (C=N–C) groups is 1. The van der Waals surface area contributed by atoms with Crippen LogP contribution >= 0.6 is 0 Å². The van der Waals surface area contributed by atoms with Crippen molar-refractivity contribution in [3.05, 3.63) is 0 Å². The fraction of sp³-hybridized carbons (Fsp3) is 0.909. The zero-order valence-corrected chi connectivity index (χ0v) is 9.34. The van der Waals surface area contributed by atoms with Crippen LogP contribution in [0, 0.1) is 0 Å². The van der Waals surface area contributed by atoms with Gasteiger partial charge in [0.05, 0.1) is 0 Å². The van der Waals surface area contributed by atoms with Gasteiger partial charge in [0.15, 0.2) is 5.96 Å². The Hall–Kier alpha value is -0.730. The highest BCUT2D eigenvalue weighted by Gasteiger charge is 2.30. The average molecular weight is 195 g/mol. The molecule has 0 aromatic carbocycles. The lowest BCUT2D eigenvalue weighted by Crippen LogP contribution is -2.51. The molecule has 0 spiro atoms. The molecule has 0 bridgehead atoms.